The quantitative estimate of drug-likeness (QED) is 0.853. The van der Waals surface area contributed by atoms with Crippen LogP contribution in [0.3, 0.4) is 0 Å². The monoisotopic (exact) mass is 392 g/mol. The van der Waals surface area contributed by atoms with E-state index in [-0.39, 0.29) is 11.4 Å². The lowest BCUT2D eigenvalue weighted by molar-refractivity contribution is -0.141. The van der Waals surface area contributed by atoms with E-state index < -0.39 is 12.0 Å². The van der Waals surface area contributed by atoms with Crippen LogP contribution in [-0.4, -0.2) is 51.1 Å². The van der Waals surface area contributed by atoms with E-state index in [2.05, 4.69) is 15.9 Å². The third-order valence-corrected chi connectivity index (χ3v) is 6.42. The maximum atomic E-state index is 12.6. The van der Waals surface area contributed by atoms with Crippen LogP contribution in [-0.2, 0) is 11.3 Å². The Bertz CT molecular complexity index is 537. The minimum Gasteiger partial charge on any atom is -0.480 e. The van der Waals surface area contributed by atoms with Gasteiger partial charge >= 0.3 is 12.0 Å². The molecule has 2 rings (SSSR count). The summed E-state index contributed by atoms with van der Waals surface area (Å²) in [6.07, 6.45) is 0.749. The van der Waals surface area contributed by atoms with E-state index in [1.54, 1.807) is 23.3 Å². The van der Waals surface area contributed by atoms with Crippen LogP contribution in [0.15, 0.2) is 15.9 Å². The van der Waals surface area contributed by atoms with Gasteiger partial charge in [-0.1, -0.05) is 6.92 Å². The summed E-state index contributed by atoms with van der Waals surface area (Å²) in [5.41, 5.74) is 0. The molecule has 0 aliphatic carbocycles. The summed E-state index contributed by atoms with van der Waals surface area (Å²) >= 11 is 6.50. The lowest BCUT2D eigenvalue weighted by atomic mass is 10.2. The van der Waals surface area contributed by atoms with Gasteiger partial charge in [-0.3, -0.25) is 4.90 Å². The summed E-state index contributed by atoms with van der Waals surface area (Å²) in [7, 11) is 1.71. The predicted molar refractivity (Wildman–Crippen MR) is 88.7 cm³/mol. The van der Waals surface area contributed by atoms with Gasteiger partial charge in [0, 0.05) is 27.5 Å². The zero-order valence-corrected chi connectivity index (χ0v) is 15.0. The van der Waals surface area contributed by atoms with Crippen molar-refractivity contribution < 1.29 is 14.7 Å². The van der Waals surface area contributed by atoms with Gasteiger partial charge in [-0.25, -0.2) is 9.59 Å². The van der Waals surface area contributed by atoms with Crippen molar-refractivity contribution in [2.45, 2.75) is 31.3 Å². The molecule has 1 aromatic heterocycles. The van der Waals surface area contributed by atoms with Gasteiger partial charge in [-0.05, 0) is 28.4 Å². The fourth-order valence-electron chi connectivity index (χ4n) is 2.26. The molecule has 1 saturated heterocycles. The molecule has 0 bridgehead atoms. The molecule has 8 heteroatoms. The first-order chi connectivity index (χ1) is 9.93. The Morgan fingerprint density at radius 2 is 2.29 bits per heavy atom. The Morgan fingerprint density at radius 1 is 1.57 bits per heavy atom. The Kier molecular flexibility index (Phi) is 5.56. The van der Waals surface area contributed by atoms with Gasteiger partial charge in [-0.2, -0.15) is 0 Å². The maximum absolute atomic E-state index is 12.6. The van der Waals surface area contributed by atoms with Gasteiger partial charge in [-0.15, -0.1) is 23.1 Å². The number of aliphatic carboxylic acids is 1. The molecule has 0 saturated carbocycles. The highest BCUT2D eigenvalue weighted by Crippen LogP contribution is 2.32. The Balaban J connectivity index is 2.10. The molecule has 1 aliphatic rings. The second kappa shape index (κ2) is 7.02. The summed E-state index contributed by atoms with van der Waals surface area (Å²) in [5.74, 6) is -0.475. The van der Waals surface area contributed by atoms with E-state index in [4.69, 9.17) is 0 Å². The number of carbonyl (C=O) groups excluding carboxylic acids is 1. The summed E-state index contributed by atoms with van der Waals surface area (Å²) in [4.78, 5) is 28.1. The Labute approximate surface area is 140 Å². The molecule has 21 heavy (non-hydrogen) atoms. The van der Waals surface area contributed by atoms with E-state index in [1.807, 2.05) is 18.4 Å². The van der Waals surface area contributed by atoms with Crippen molar-refractivity contribution in [2.24, 2.45) is 0 Å². The number of nitrogens with zero attached hydrogens (tertiary/aromatic N) is 2. The van der Waals surface area contributed by atoms with Crippen LogP contribution in [0.2, 0.25) is 0 Å². The summed E-state index contributed by atoms with van der Waals surface area (Å²) < 4.78 is 0.995. The van der Waals surface area contributed by atoms with Crippen molar-refractivity contribution in [3.05, 3.63) is 20.8 Å². The number of thioether (sulfide) groups is 1. The van der Waals surface area contributed by atoms with Crippen molar-refractivity contribution in [1.29, 1.82) is 0 Å². The topological polar surface area (TPSA) is 60.9 Å². The fourth-order valence-corrected chi connectivity index (χ4v) is 5.10. The SMILES string of the molecule is CCC1SCC(C(=O)O)N1C(=O)N(C)Cc1cc(Br)cs1. The van der Waals surface area contributed by atoms with Gasteiger partial charge < -0.3 is 10.0 Å². The van der Waals surface area contributed by atoms with Crippen molar-refractivity contribution in [2.75, 3.05) is 12.8 Å². The smallest absolute Gasteiger partial charge is 0.327 e. The first-order valence-corrected chi connectivity index (χ1v) is 9.27. The molecule has 1 aromatic rings. The molecular weight excluding hydrogens is 376 g/mol. The molecule has 5 nitrogen and oxygen atoms in total. The maximum Gasteiger partial charge on any atom is 0.327 e. The number of halogens is 1. The largest absolute Gasteiger partial charge is 0.480 e. The van der Waals surface area contributed by atoms with Gasteiger partial charge in [0.15, 0.2) is 0 Å². The van der Waals surface area contributed by atoms with E-state index >= 15 is 0 Å². The Morgan fingerprint density at radius 3 is 2.81 bits per heavy atom. The summed E-state index contributed by atoms with van der Waals surface area (Å²) in [6.45, 7) is 2.46. The zero-order chi connectivity index (χ0) is 15.6. The number of hydrogen-bond acceptors (Lipinski definition) is 4. The van der Waals surface area contributed by atoms with Gasteiger partial charge in [0.05, 0.1) is 11.9 Å². The first kappa shape index (κ1) is 16.6. The number of hydrogen-bond donors (Lipinski definition) is 1. The number of carbonyl (C=O) groups is 2. The molecule has 2 amide bonds. The number of urea groups is 1. The molecule has 0 radical (unpaired) electrons. The second-order valence-corrected chi connectivity index (χ2v) is 7.95. The fraction of sp³-hybridized carbons (Fsp3) is 0.538. The van der Waals surface area contributed by atoms with Crippen LogP contribution in [0, 0.1) is 0 Å². The number of amides is 2. The normalized spacial score (nSPS) is 21.6. The van der Waals surface area contributed by atoms with Gasteiger partial charge in [0.1, 0.15) is 6.04 Å². The highest BCUT2D eigenvalue weighted by molar-refractivity contribution is 9.10. The highest BCUT2D eigenvalue weighted by Gasteiger charge is 2.41. The third-order valence-electron chi connectivity index (χ3n) is 3.29. The average molecular weight is 393 g/mol. The molecule has 1 aliphatic heterocycles. The Hall–Kier alpha value is -0.730. The lowest BCUT2D eigenvalue weighted by Crippen LogP contribution is -2.50. The van der Waals surface area contributed by atoms with Gasteiger partial charge in [0.25, 0.3) is 0 Å². The molecule has 116 valence electrons. The predicted octanol–water partition coefficient (Wildman–Crippen LogP) is 3.30. The molecule has 2 atom stereocenters. The third kappa shape index (κ3) is 3.73. The number of carboxylic acids is 1. The van der Waals surface area contributed by atoms with Crippen LogP contribution in [0.1, 0.15) is 18.2 Å². The van der Waals surface area contributed by atoms with Crippen molar-refractivity contribution in [3.8, 4) is 0 Å². The van der Waals surface area contributed by atoms with Crippen molar-refractivity contribution >= 4 is 51.0 Å². The van der Waals surface area contributed by atoms with E-state index in [0.717, 1.165) is 15.8 Å². The van der Waals surface area contributed by atoms with Crippen LogP contribution in [0.4, 0.5) is 4.79 Å². The van der Waals surface area contributed by atoms with Crippen LogP contribution in [0.25, 0.3) is 0 Å². The van der Waals surface area contributed by atoms with Crippen molar-refractivity contribution in [3.63, 3.8) is 0 Å². The molecule has 2 heterocycles. The van der Waals surface area contributed by atoms with Crippen LogP contribution in [0.5, 0.6) is 0 Å². The van der Waals surface area contributed by atoms with E-state index in [9.17, 15) is 14.7 Å². The first-order valence-electron chi connectivity index (χ1n) is 6.54. The molecule has 2 unspecified atom stereocenters. The molecule has 1 fully saturated rings. The zero-order valence-electron chi connectivity index (χ0n) is 11.8. The van der Waals surface area contributed by atoms with Gasteiger partial charge in [0.2, 0.25) is 0 Å². The van der Waals surface area contributed by atoms with Crippen LogP contribution < -0.4 is 0 Å². The minimum atomic E-state index is -0.931. The minimum absolute atomic E-state index is 0.0591. The summed E-state index contributed by atoms with van der Waals surface area (Å²) in [6, 6.07) is 1.02. The number of thiophene rings is 1. The summed E-state index contributed by atoms with van der Waals surface area (Å²) in [5, 5.41) is 11.2. The molecule has 1 N–H and O–H groups in total. The standard InChI is InChI=1S/C13H17BrN2O3S2/c1-3-11-16(10(7-21-11)12(17)18)13(19)15(2)5-9-4-8(14)6-20-9/h4,6,10-11H,3,5,7H2,1-2H3,(H,17,18). The molecular formula is C13H17BrN2O3S2. The van der Waals surface area contributed by atoms with Crippen molar-refractivity contribution in [1.82, 2.24) is 9.80 Å². The highest BCUT2D eigenvalue weighted by atomic mass is 79.9. The van der Waals surface area contributed by atoms with E-state index in [0.29, 0.717) is 12.3 Å². The number of rotatable bonds is 4. The lowest BCUT2D eigenvalue weighted by Gasteiger charge is -2.31. The van der Waals surface area contributed by atoms with E-state index in [1.165, 1.54) is 16.7 Å². The average Bonchev–Trinajstić information content (AvgIpc) is 3.03. The van der Waals surface area contributed by atoms with Crippen LogP contribution >= 0.6 is 39.0 Å². The number of carboxylic acid groups (broad SMARTS) is 1. The second-order valence-electron chi connectivity index (χ2n) is 4.83. The molecule has 0 spiro atoms. The molecule has 0 aromatic carbocycles.